The number of benzene rings is 1. The second kappa shape index (κ2) is 12.9. The van der Waals surface area contributed by atoms with E-state index in [0.717, 1.165) is 36.0 Å². The highest BCUT2D eigenvalue weighted by atomic mass is 15.4. The van der Waals surface area contributed by atoms with Crippen LogP contribution in [0.25, 0.3) is 11.0 Å². The smallest absolute Gasteiger partial charge is 0.113 e. The third-order valence-electron chi connectivity index (χ3n) is 6.17. The van der Waals surface area contributed by atoms with E-state index in [1.165, 1.54) is 64.5 Å². The van der Waals surface area contributed by atoms with Gasteiger partial charge in [0.25, 0.3) is 0 Å². The van der Waals surface area contributed by atoms with E-state index in [1.54, 1.807) is 0 Å². The molecule has 1 heterocycles. The predicted octanol–water partition coefficient (Wildman–Crippen LogP) is 6.17. The van der Waals surface area contributed by atoms with Crippen molar-refractivity contribution < 1.29 is 0 Å². The van der Waals surface area contributed by atoms with E-state index in [-0.39, 0.29) is 0 Å². The van der Waals surface area contributed by atoms with Crippen LogP contribution in [0.2, 0.25) is 0 Å². The number of aromatic nitrogens is 3. The zero-order valence-corrected chi connectivity index (χ0v) is 18.7. The molecule has 4 nitrogen and oxygen atoms in total. The molecule has 0 bridgehead atoms. The molecule has 1 aromatic heterocycles. The molecule has 158 valence electrons. The van der Waals surface area contributed by atoms with Gasteiger partial charge in [-0.15, -0.1) is 5.10 Å². The summed E-state index contributed by atoms with van der Waals surface area (Å²) in [4.78, 5) is 2.73. The van der Waals surface area contributed by atoms with Crippen LogP contribution in [0, 0.1) is 11.8 Å². The van der Waals surface area contributed by atoms with Gasteiger partial charge in [0.15, 0.2) is 0 Å². The summed E-state index contributed by atoms with van der Waals surface area (Å²) >= 11 is 0. The molecule has 2 unspecified atom stereocenters. The van der Waals surface area contributed by atoms with Crippen LogP contribution in [-0.2, 0) is 6.54 Å². The van der Waals surface area contributed by atoms with Crippen molar-refractivity contribution in [1.29, 1.82) is 0 Å². The van der Waals surface area contributed by atoms with Crippen molar-refractivity contribution in [1.82, 2.24) is 19.9 Å². The molecule has 0 radical (unpaired) electrons. The molecule has 0 N–H and O–H groups in total. The highest BCUT2D eigenvalue weighted by Gasteiger charge is 2.17. The Hall–Kier alpha value is -1.42. The molecule has 0 saturated carbocycles. The van der Waals surface area contributed by atoms with Crippen molar-refractivity contribution in [3.63, 3.8) is 0 Å². The van der Waals surface area contributed by atoms with E-state index < -0.39 is 0 Å². The lowest BCUT2D eigenvalue weighted by atomic mass is 9.95. The van der Waals surface area contributed by atoms with Crippen LogP contribution in [0.15, 0.2) is 24.3 Å². The van der Waals surface area contributed by atoms with Crippen LogP contribution >= 0.6 is 0 Å². The van der Waals surface area contributed by atoms with Crippen molar-refractivity contribution in [2.24, 2.45) is 11.8 Å². The van der Waals surface area contributed by atoms with Crippen LogP contribution in [0.5, 0.6) is 0 Å². The summed E-state index contributed by atoms with van der Waals surface area (Å²) in [5, 5.41) is 8.73. The zero-order chi connectivity index (χ0) is 20.2. The predicted molar refractivity (Wildman–Crippen MR) is 121 cm³/mol. The molecule has 0 amide bonds. The third kappa shape index (κ3) is 7.20. The van der Waals surface area contributed by atoms with Gasteiger partial charge in [-0.05, 0) is 36.8 Å². The number of hydrogen-bond donors (Lipinski definition) is 0. The Morgan fingerprint density at radius 3 is 2.07 bits per heavy atom. The van der Waals surface area contributed by atoms with Gasteiger partial charge < -0.3 is 4.90 Å². The lowest BCUT2D eigenvalue weighted by molar-refractivity contribution is 0.174. The number of fused-ring (bicyclic) bond motifs is 1. The van der Waals surface area contributed by atoms with Crippen LogP contribution in [0.4, 0.5) is 0 Å². The molecule has 1 aromatic carbocycles. The summed E-state index contributed by atoms with van der Waals surface area (Å²) in [5.74, 6) is 1.63. The van der Waals surface area contributed by atoms with Crippen molar-refractivity contribution in [2.75, 3.05) is 19.6 Å². The monoisotopic (exact) mass is 386 g/mol. The molecule has 4 heteroatoms. The number of hydrogen-bond acceptors (Lipinski definition) is 3. The highest BCUT2D eigenvalue weighted by molar-refractivity contribution is 5.73. The Morgan fingerprint density at radius 2 is 1.50 bits per heavy atom. The summed E-state index contributed by atoms with van der Waals surface area (Å²) in [7, 11) is 0. The van der Waals surface area contributed by atoms with Crippen molar-refractivity contribution in [3.8, 4) is 0 Å². The third-order valence-corrected chi connectivity index (χ3v) is 6.17. The standard InChI is InChI=1S/C24H42N4/c1-5-9-13-21(7-3)19-27(20-22(8-4)14-10-6-2)17-18-28-24-16-12-11-15-23(24)25-26-28/h11-12,15-16,21-22H,5-10,13-14,17-20H2,1-4H3. The van der Waals surface area contributed by atoms with E-state index in [4.69, 9.17) is 0 Å². The van der Waals surface area contributed by atoms with Gasteiger partial charge in [0.05, 0.1) is 12.1 Å². The fourth-order valence-corrected chi connectivity index (χ4v) is 4.14. The second-order valence-corrected chi connectivity index (χ2v) is 8.39. The van der Waals surface area contributed by atoms with Crippen molar-refractivity contribution in [2.45, 2.75) is 85.6 Å². The van der Waals surface area contributed by atoms with Crippen molar-refractivity contribution >= 4 is 11.0 Å². The van der Waals surface area contributed by atoms with E-state index in [9.17, 15) is 0 Å². The topological polar surface area (TPSA) is 34.0 Å². The summed E-state index contributed by atoms with van der Waals surface area (Å²) in [6.45, 7) is 13.8. The van der Waals surface area contributed by atoms with Gasteiger partial charge in [0, 0.05) is 19.6 Å². The van der Waals surface area contributed by atoms with Gasteiger partial charge in [-0.2, -0.15) is 0 Å². The molecular formula is C24H42N4. The Kier molecular flexibility index (Phi) is 10.6. The number of unbranched alkanes of at least 4 members (excludes halogenated alkanes) is 2. The van der Waals surface area contributed by atoms with Gasteiger partial charge in [0.1, 0.15) is 5.52 Å². The second-order valence-electron chi connectivity index (χ2n) is 8.39. The van der Waals surface area contributed by atoms with Gasteiger partial charge in [-0.1, -0.05) is 83.6 Å². The SMILES string of the molecule is CCCCC(CC)CN(CCn1nnc2ccccc21)CC(CC)CCCC. The maximum Gasteiger partial charge on any atom is 0.113 e. The first-order valence-electron chi connectivity index (χ1n) is 11.7. The number of nitrogens with zero attached hydrogens (tertiary/aromatic N) is 4. The quantitative estimate of drug-likeness (QED) is 0.367. The molecule has 2 aromatic rings. The lowest BCUT2D eigenvalue weighted by Gasteiger charge is -2.30. The molecular weight excluding hydrogens is 344 g/mol. The molecule has 0 aliphatic heterocycles. The number of rotatable bonds is 15. The first-order valence-corrected chi connectivity index (χ1v) is 11.7. The Bertz CT molecular complexity index is 633. The molecule has 0 spiro atoms. The molecule has 0 saturated heterocycles. The van der Waals surface area contributed by atoms with E-state index in [1.807, 2.05) is 12.1 Å². The molecule has 28 heavy (non-hydrogen) atoms. The van der Waals surface area contributed by atoms with Crippen LogP contribution in [0.3, 0.4) is 0 Å². The van der Waals surface area contributed by atoms with Crippen LogP contribution in [0.1, 0.15) is 79.1 Å². The van der Waals surface area contributed by atoms with E-state index >= 15 is 0 Å². The lowest BCUT2D eigenvalue weighted by Crippen LogP contribution is -2.36. The summed E-state index contributed by atoms with van der Waals surface area (Å²) in [5.41, 5.74) is 2.15. The molecule has 0 aliphatic rings. The minimum Gasteiger partial charge on any atom is -0.301 e. The highest BCUT2D eigenvalue weighted by Crippen LogP contribution is 2.19. The average molecular weight is 387 g/mol. The summed E-state index contributed by atoms with van der Waals surface area (Å²) in [6, 6.07) is 8.29. The summed E-state index contributed by atoms with van der Waals surface area (Å²) in [6.07, 6.45) is 10.6. The van der Waals surface area contributed by atoms with Crippen LogP contribution < -0.4 is 0 Å². The van der Waals surface area contributed by atoms with Gasteiger partial charge in [-0.25, -0.2) is 4.68 Å². The van der Waals surface area contributed by atoms with Crippen LogP contribution in [-0.4, -0.2) is 39.5 Å². The van der Waals surface area contributed by atoms with Gasteiger partial charge in [0.2, 0.25) is 0 Å². The first-order chi connectivity index (χ1) is 13.7. The molecule has 2 atom stereocenters. The van der Waals surface area contributed by atoms with E-state index in [0.29, 0.717) is 0 Å². The maximum atomic E-state index is 4.41. The minimum atomic E-state index is 0.816. The first kappa shape index (κ1) is 22.9. The van der Waals surface area contributed by atoms with Gasteiger partial charge in [-0.3, -0.25) is 0 Å². The number of para-hydroxylation sites is 1. The Morgan fingerprint density at radius 1 is 0.893 bits per heavy atom. The minimum absolute atomic E-state index is 0.816. The fourth-order valence-electron chi connectivity index (χ4n) is 4.14. The largest absolute Gasteiger partial charge is 0.301 e. The maximum absolute atomic E-state index is 4.41. The molecule has 0 aliphatic carbocycles. The fraction of sp³-hybridized carbons (Fsp3) is 0.750. The normalized spacial score (nSPS) is 14.0. The Labute approximate surface area is 172 Å². The van der Waals surface area contributed by atoms with Gasteiger partial charge >= 0.3 is 0 Å². The molecule has 0 fully saturated rings. The Balaban J connectivity index is 2.02. The zero-order valence-electron chi connectivity index (χ0n) is 18.7. The van der Waals surface area contributed by atoms with Crippen molar-refractivity contribution in [3.05, 3.63) is 24.3 Å². The van der Waals surface area contributed by atoms with E-state index in [2.05, 4.69) is 59.7 Å². The summed E-state index contributed by atoms with van der Waals surface area (Å²) < 4.78 is 2.09. The average Bonchev–Trinajstić information content (AvgIpc) is 3.15. The molecule has 2 rings (SSSR count).